The molecular formula is C13H21ClN2O3S. The van der Waals surface area contributed by atoms with Gasteiger partial charge in [0.1, 0.15) is 5.75 Å². The topological polar surface area (TPSA) is 81.4 Å². The van der Waals surface area contributed by atoms with Gasteiger partial charge in [-0.15, -0.1) is 12.4 Å². The number of hydrogen-bond acceptors (Lipinski definition) is 4. The highest BCUT2D eigenvalue weighted by Gasteiger charge is 2.17. The summed E-state index contributed by atoms with van der Waals surface area (Å²) >= 11 is 0. The van der Waals surface area contributed by atoms with Gasteiger partial charge < -0.3 is 10.5 Å². The summed E-state index contributed by atoms with van der Waals surface area (Å²) in [6.45, 7) is 1.71. The summed E-state index contributed by atoms with van der Waals surface area (Å²) in [7, 11) is -3.42. The molecule has 2 rings (SSSR count). The van der Waals surface area contributed by atoms with Gasteiger partial charge in [-0.2, -0.15) is 0 Å². The van der Waals surface area contributed by atoms with Crippen molar-refractivity contribution < 1.29 is 13.2 Å². The Balaban J connectivity index is 0.00000200. The Morgan fingerprint density at radius 2 is 2.10 bits per heavy atom. The van der Waals surface area contributed by atoms with Gasteiger partial charge in [-0.1, -0.05) is 0 Å². The average molecular weight is 321 g/mol. The number of fused-ring (bicyclic) bond motifs is 1. The molecule has 0 saturated heterocycles. The molecule has 1 heterocycles. The van der Waals surface area contributed by atoms with E-state index < -0.39 is 10.0 Å². The van der Waals surface area contributed by atoms with Crippen LogP contribution < -0.4 is 15.2 Å². The first-order valence-corrected chi connectivity index (χ1v) is 8.07. The van der Waals surface area contributed by atoms with E-state index in [1.54, 1.807) is 18.2 Å². The minimum atomic E-state index is -3.42. The van der Waals surface area contributed by atoms with Crippen molar-refractivity contribution in [2.75, 3.05) is 19.7 Å². The van der Waals surface area contributed by atoms with Crippen LogP contribution in [0.4, 0.5) is 0 Å². The molecule has 0 atom stereocenters. The fourth-order valence-electron chi connectivity index (χ4n) is 2.06. The molecule has 0 aliphatic carbocycles. The molecule has 7 heteroatoms. The minimum absolute atomic E-state index is 0. The molecule has 1 aromatic rings. The second kappa shape index (κ2) is 7.83. The first-order chi connectivity index (χ1) is 9.13. The van der Waals surface area contributed by atoms with E-state index in [4.69, 9.17) is 10.5 Å². The van der Waals surface area contributed by atoms with Gasteiger partial charge in [0.2, 0.25) is 10.0 Å². The van der Waals surface area contributed by atoms with Crippen molar-refractivity contribution >= 4 is 22.4 Å². The van der Waals surface area contributed by atoms with Crippen molar-refractivity contribution in [2.45, 2.75) is 30.6 Å². The third kappa shape index (κ3) is 4.34. The lowest BCUT2D eigenvalue weighted by Gasteiger charge is -2.18. The Kier molecular flexibility index (Phi) is 6.75. The van der Waals surface area contributed by atoms with Crippen molar-refractivity contribution in [3.8, 4) is 5.75 Å². The highest BCUT2D eigenvalue weighted by Crippen LogP contribution is 2.27. The SMILES string of the molecule is Cl.NCCCCNS(=O)(=O)c1ccc2c(c1)CCCO2. The number of nitrogens with one attached hydrogen (secondary N) is 1. The van der Waals surface area contributed by atoms with E-state index in [2.05, 4.69) is 4.72 Å². The molecule has 0 saturated carbocycles. The third-order valence-corrected chi connectivity index (χ3v) is 4.57. The number of hydrogen-bond donors (Lipinski definition) is 2. The minimum Gasteiger partial charge on any atom is -0.493 e. The Hall–Kier alpha value is -0.820. The molecule has 1 aromatic carbocycles. The maximum atomic E-state index is 12.1. The van der Waals surface area contributed by atoms with Crippen LogP contribution in [-0.4, -0.2) is 28.1 Å². The predicted molar refractivity (Wildman–Crippen MR) is 81.0 cm³/mol. The summed E-state index contributed by atoms with van der Waals surface area (Å²) in [5, 5.41) is 0. The number of unbranched alkanes of at least 4 members (excludes halogenated alkanes) is 1. The van der Waals surface area contributed by atoms with Gasteiger partial charge in [-0.25, -0.2) is 13.1 Å². The number of ether oxygens (including phenoxy) is 1. The summed E-state index contributed by atoms with van der Waals surface area (Å²) in [6, 6.07) is 5.04. The van der Waals surface area contributed by atoms with Crippen molar-refractivity contribution in [1.29, 1.82) is 0 Å². The molecule has 1 aliphatic heterocycles. The average Bonchev–Trinajstić information content (AvgIpc) is 2.43. The van der Waals surface area contributed by atoms with E-state index in [0.29, 0.717) is 24.6 Å². The predicted octanol–water partition coefficient (Wildman–Crippen LogP) is 1.45. The molecule has 5 nitrogen and oxygen atoms in total. The first kappa shape index (κ1) is 17.2. The van der Waals surface area contributed by atoms with E-state index in [1.165, 1.54) is 0 Å². The van der Waals surface area contributed by atoms with Gasteiger partial charge in [0.25, 0.3) is 0 Å². The summed E-state index contributed by atoms with van der Waals surface area (Å²) in [5.74, 6) is 0.799. The summed E-state index contributed by atoms with van der Waals surface area (Å²) < 4.78 is 32.3. The number of rotatable bonds is 6. The highest BCUT2D eigenvalue weighted by atomic mass is 35.5. The Morgan fingerprint density at radius 1 is 1.30 bits per heavy atom. The molecule has 0 spiro atoms. The van der Waals surface area contributed by atoms with E-state index >= 15 is 0 Å². The number of halogens is 1. The van der Waals surface area contributed by atoms with Gasteiger partial charge in [0.05, 0.1) is 11.5 Å². The smallest absolute Gasteiger partial charge is 0.240 e. The Bertz CT molecular complexity index is 534. The van der Waals surface area contributed by atoms with Crippen molar-refractivity contribution in [3.63, 3.8) is 0 Å². The quantitative estimate of drug-likeness (QED) is 0.777. The second-order valence-electron chi connectivity index (χ2n) is 4.62. The monoisotopic (exact) mass is 320 g/mol. The number of benzene rings is 1. The van der Waals surface area contributed by atoms with Crippen LogP contribution in [0, 0.1) is 0 Å². The molecular weight excluding hydrogens is 300 g/mol. The van der Waals surface area contributed by atoms with Gasteiger partial charge in [-0.05, 0) is 56.0 Å². The first-order valence-electron chi connectivity index (χ1n) is 6.59. The Labute approximate surface area is 126 Å². The fraction of sp³-hybridized carbons (Fsp3) is 0.538. The van der Waals surface area contributed by atoms with E-state index in [0.717, 1.165) is 37.0 Å². The zero-order valence-corrected chi connectivity index (χ0v) is 12.9. The third-order valence-electron chi connectivity index (χ3n) is 3.11. The number of nitrogens with two attached hydrogens (primary N) is 1. The molecule has 0 aromatic heterocycles. The standard InChI is InChI=1S/C13H20N2O3S.ClH/c14-7-1-2-8-15-19(16,17)12-5-6-13-11(10-12)4-3-9-18-13;/h5-6,10,15H,1-4,7-9,14H2;1H. The van der Waals surface area contributed by atoms with Crippen LogP contribution in [0.5, 0.6) is 5.75 Å². The van der Waals surface area contributed by atoms with Crippen LogP contribution in [0.3, 0.4) is 0 Å². The Morgan fingerprint density at radius 3 is 2.85 bits per heavy atom. The number of aryl methyl sites for hydroxylation is 1. The van der Waals surface area contributed by atoms with Crippen molar-refractivity contribution in [1.82, 2.24) is 4.72 Å². The van der Waals surface area contributed by atoms with E-state index in [-0.39, 0.29) is 12.4 Å². The lowest BCUT2D eigenvalue weighted by atomic mass is 10.1. The fourth-order valence-corrected chi connectivity index (χ4v) is 3.19. The highest BCUT2D eigenvalue weighted by molar-refractivity contribution is 7.89. The van der Waals surface area contributed by atoms with Crippen molar-refractivity contribution in [3.05, 3.63) is 23.8 Å². The molecule has 114 valence electrons. The van der Waals surface area contributed by atoms with E-state index in [9.17, 15) is 8.42 Å². The van der Waals surface area contributed by atoms with Crippen LogP contribution in [0.25, 0.3) is 0 Å². The molecule has 0 bridgehead atoms. The van der Waals surface area contributed by atoms with E-state index in [1.807, 2.05) is 0 Å². The molecule has 0 amide bonds. The van der Waals surface area contributed by atoms with Gasteiger partial charge in [-0.3, -0.25) is 0 Å². The van der Waals surface area contributed by atoms with Gasteiger partial charge in [0.15, 0.2) is 0 Å². The molecule has 1 aliphatic rings. The largest absolute Gasteiger partial charge is 0.493 e. The molecule has 3 N–H and O–H groups in total. The van der Waals surface area contributed by atoms with Crippen LogP contribution in [-0.2, 0) is 16.4 Å². The van der Waals surface area contributed by atoms with Gasteiger partial charge in [0, 0.05) is 6.54 Å². The normalized spacial score (nSPS) is 14.1. The van der Waals surface area contributed by atoms with Gasteiger partial charge >= 0.3 is 0 Å². The summed E-state index contributed by atoms with van der Waals surface area (Å²) in [5.41, 5.74) is 6.34. The zero-order chi connectivity index (χ0) is 13.7. The molecule has 0 radical (unpaired) electrons. The van der Waals surface area contributed by atoms with Crippen LogP contribution in [0.2, 0.25) is 0 Å². The number of sulfonamides is 1. The summed E-state index contributed by atoms with van der Waals surface area (Å²) in [4.78, 5) is 0.310. The van der Waals surface area contributed by atoms with Crippen LogP contribution in [0.1, 0.15) is 24.8 Å². The van der Waals surface area contributed by atoms with Crippen LogP contribution >= 0.6 is 12.4 Å². The molecule has 20 heavy (non-hydrogen) atoms. The summed E-state index contributed by atoms with van der Waals surface area (Å²) in [6.07, 6.45) is 3.37. The lowest BCUT2D eigenvalue weighted by molar-refractivity contribution is 0.288. The zero-order valence-electron chi connectivity index (χ0n) is 11.3. The van der Waals surface area contributed by atoms with Crippen LogP contribution in [0.15, 0.2) is 23.1 Å². The molecule has 0 unspecified atom stereocenters. The second-order valence-corrected chi connectivity index (χ2v) is 6.38. The molecule has 0 fully saturated rings. The van der Waals surface area contributed by atoms with Crippen molar-refractivity contribution in [2.24, 2.45) is 5.73 Å². The maximum Gasteiger partial charge on any atom is 0.240 e. The maximum absolute atomic E-state index is 12.1. The lowest BCUT2D eigenvalue weighted by Crippen LogP contribution is -2.25.